The van der Waals surface area contributed by atoms with Gasteiger partial charge in [0, 0.05) is 47.0 Å². The Bertz CT molecular complexity index is 1390. The Kier molecular flexibility index (Phi) is 7.70. The van der Waals surface area contributed by atoms with Crippen LogP contribution in [0.2, 0.25) is 0 Å². The molecule has 2 aromatic heterocycles. The van der Waals surface area contributed by atoms with Crippen molar-refractivity contribution in [2.45, 2.75) is 53.3 Å². The lowest BCUT2D eigenvalue weighted by molar-refractivity contribution is -0.142. The lowest BCUT2D eigenvalue weighted by Gasteiger charge is -2.16. The highest BCUT2D eigenvalue weighted by atomic mass is 19.1. The van der Waals surface area contributed by atoms with E-state index in [0.29, 0.717) is 17.9 Å². The van der Waals surface area contributed by atoms with Crippen LogP contribution in [0.4, 0.5) is 4.39 Å². The molecule has 0 radical (unpaired) electrons. The van der Waals surface area contributed by atoms with Crippen molar-refractivity contribution in [2.75, 3.05) is 6.61 Å². The molecule has 0 aliphatic carbocycles. The lowest BCUT2D eigenvalue weighted by atomic mass is 9.98. The number of carbonyl (C=O) groups is 1. The molecule has 0 fully saturated rings. The molecule has 4 aromatic rings. The van der Waals surface area contributed by atoms with Crippen molar-refractivity contribution >= 4 is 16.9 Å². The molecule has 0 bridgehead atoms. The minimum atomic E-state index is -0.410. The van der Waals surface area contributed by atoms with Crippen LogP contribution in [0.5, 0.6) is 5.75 Å². The third kappa shape index (κ3) is 5.26. The molecule has 7 heteroatoms. The third-order valence-electron chi connectivity index (χ3n) is 6.16. The summed E-state index contributed by atoms with van der Waals surface area (Å²) in [6.45, 7) is 8.58. The highest BCUT2D eigenvalue weighted by molar-refractivity contribution is 5.96. The summed E-state index contributed by atoms with van der Waals surface area (Å²) in [7, 11) is 0. The van der Waals surface area contributed by atoms with Gasteiger partial charge < -0.3 is 19.8 Å². The van der Waals surface area contributed by atoms with Gasteiger partial charge in [0.1, 0.15) is 12.4 Å². The number of hydrogen-bond donors (Lipinski definition) is 1. The van der Waals surface area contributed by atoms with E-state index >= 15 is 4.39 Å². The quantitative estimate of drug-likeness (QED) is 0.297. The molecule has 2 N–H and O–H groups in total. The minimum Gasteiger partial charge on any atom is -0.489 e. The molecule has 0 amide bonds. The molecule has 2 aromatic carbocycles. The van der Waals surface area contributed by atoms with Crippen molar-refractivity contribution in [3.05, 3.63) is 83.1 Å². The van der Waals surface area contributed by atoms with E-state index in [2.05, 4.69) is 29.5 Å². The number of benzene rings is 2. The third-order valence-corrected chi connectivity index (χ3v) is 6.16. The number of nitrogens with zero attached hydrogens (tertiary/aromatic N) is 2. The fourth-order valence-corrected chi connectivity index (χ4v) is 4.38. The van der Waals surface area contributed by atoms with E-state index in [1.165, 1.54) is 0 Å². The maximum absolute atomic E-state index is 15.3. The van der Waals surface area contributed by atoms with Crippen molar-refractivity contribution in [3.63, 3.8) is 0 Å². The first-order chi connectivity index (χ1) is 17.3. The number of aryl methyl sites for hydroxylation is 1. The van der Waals surface area contributed by atoms with Gasteiger partial charge in [-0.15, -0.1) is 0 Å². The van der Waals surface area contributed by atoms with Crippen molar-refractivity contribution in [1.29, 1.82) is 0 Å². The first-order valence-electron chi connectivity index (χ1n) is 12.2. The zero-order valence-electron chi connectivity index (χ0n) is 21.2. The Morgan fingerprint density at radius 1 is 1.14 bits per heavy atom. The minimum absolute atomic E-state index is 0.0230. The van der Waals surface area contributed by atoms with Crippen molar-refractivity contribution in [2.24, 2.45) is 5.73 Å². The normalized spacial score (nSPS) is 11.3. The topological polar surface area (TPSA) is 79.4 Å². The molecular weight excluding hydrogens is 457 g/mol. The Morgan fingerprint density at radius 3 is 2.67 bits per heavy atom. The van der Waals surface area contributed by atoms with Crippen LogP contribution in [0.3, 0.4) is 0 Å². The second-order valence-electron chi connectivity index (χ2n) is 9.10. The van der Waals surface area contributed by atoms with Crippen LogP contribution in [0.25, 0.3) is 22.0 Å². The van der Waals surface area contributed by atoms with Gasteiger partial charge in [-0.05, 0) is 74.7 Å². The van der Waals surface area contributed by atoms with Gasteiger partial charge in [0.25, 0.3) is 0 Å². The molecule has 0 unspecified atom stereocenters. The predicted octanol–water partition coefficient (Wildman–Crippen LogP) is 5.88. The van der Waals surface area contributed by atoms with Gasteiger partial charge in [-0.25, -0.2) is 4.39 Å². The summed E-state index contributed by atoms with van der Waals surface area (Å²) >= 11 is 0. The molecule has 36 heavy (non-hydrogen) atoms. The van der Waals surface area contributed by atoms with Crippen LogP contribution in [0, 0.1) is 12.7 Å². The van der Waals surface area contributed by atoms with Crippen molar-refractivity contribution in [3.8, 4) is 16.9 Å². The number of aromatic nitrogens is 2. The molecular formula is C29H32FN3O3. The van der Waals surface area contributed by atoms with Gasteiger partial charge in [-0.2, -0.15) is 0 Å². The van der Waals surface area contributed by atoms with E-state index in [0.717, 1.165) is 33.2 Å². The Hall–Kier alpha value is -3.71. The largest absolute Gasteiger partial charge is 0.489 e. The second-order valence-corrected chi connectivity index (χ2v) is 9.10. The summed E-state index contributed by atoms with van der Waals surface area (Å²) in [5.41, 5.74) is 10.8. The number of halogens is 1. The van der Waals surface area contributed by atoms with Gasteiger partial charge in [-0.1, -0.05) is 12.1 Å². The number of hydrogen-bond acceptors (Lipinski definition) is 5. The number of nitrogens with two attached hydrogens (primary N) is 1. The van der Waals surface area contributed by atoms with Crippen molar-refractivity contribution < 1.29 is 18.7 Å². The molecule has 6 nitrogen and oxygen atoms in total. The number of carbonyl (C=O) groups excluding carboxylic acids is 1. The molecule has 188 valence electrons. The van der Waals surface area contributed by atoms with Crippen LogP contribution < -0.4 is 10.5 Å². The van der Waals surface area contributed by atoms with E-state index in [1.807, 2.05) is 43.5 Å². The van der Waals surface area contributed by atoms with E-state index in [9.17, 15) is 4.79 Å². The molecule has 4 rings (SSSR count). The van der Waals surface area contributed by atoms with E-state index in [1.54, 1.807) is 19.2 Å². The van der Waals surface area contributed by atoms with E-state index in [-0.39, 0.29) is 37.3 Å². The standard InChI is InChI=1S/C29H32FN3O3/c1-5-35-28(34)15-21-7-6-19(4)12-27(21)36-17-20-13-24(23-8-10-32-25(16-31)29(23)30)22-9-11-33(18(2)3)26(22)14-20/h6-14,18H,5,15-17,31H2,1-4H3. The van der Waals surface area contributed by atoms with Gasteiger partial charge in [0.05, 0.1) is 18.7 Å². The van der Waals surface area contributed by atoms with Gasteiger partial charge >= 0.3 is 5.97 Å². The van der Waals surface area contributed by atoms with Crippen molar-refractivity contribution in [1.82, 2.24) is 9.55 Å². The molecule has 2 heterocycles. The van der Waals surface area contributed by atoms with Gasteiger partial charge in [-0.3, -0.25) is 9.78 Å². The molecule has 0 saturated heterocycles. The molecule has 0 aliphatic rings. The summed E-state index contributed by atoms with van der Waals surface area (Å²) in [5, 5.41) is 0.944. The Balaban J connectivity index is 1.75. The zero-order chi connectivity index (χ0) is 25.8. The molecule has 0 spiro atoms. The predicted molar refractivity (Wildman–Crippen MR) is 139 cm³/mol. The molecule has 0 saturated carbocycles. The number of ether oxygens (including phenoxy) is 2. The highest BCUT2D eigenvalue weighted by Crippen LogP contribution is 2.35. The van der Waals surface area contributed by atoms with Crippen LogP contribution >= 0.6 is 0 Å². The zero-order valence-corrected chi connectivity index (χ0v) is 21.2. The summed E-state index contributed by atoms with van der Waals surface area (Å²) < 4.78 is 28.8. The maximum Gasteiger partial charge on any atom is 0.310 e. The number of pyridine rings is 1. The summed E-state index contributed by atoms with van der Waals surface area (Å²) in [6.07, 6.45) is 3.74. The Morgan fingerprint density at radius 2 is 1.94 bits per heavy atom. The average Bonchev–Trinajstić information content (AvgIpc) is 3.28. The monoisotopic (exact) mass is 489 g/mol. The summed E-state index contributed by atoms with van der Waals surface area (Å²) in [4.78, 5) is 16.2. The average molecular weight is 490 g/mol. The van der Waals surface area contributed by atoms with Crippen LogP contribution in [0.1, 0.15) is 49.2 Å². The number of fused-ring (bicyclic) bond motifs is 1. The van der Waals surface area contributed by atoms with Crippen LogP contribution in [-0.2, 0) is 29.1 Å². The smallest absolute Gasteiger partial charge is 0.310 e. The second kappa shape index (κ2) is 10.9. The first kappa shape index (κ1) is 25.4. The van der Waals surface area contributed by atoms with Crippen LogP contribution in [0.15, 0.2) is 54.9 Å². The van der Waals surface area contributed by atoms with Crippen LogP contribution in [-0.4, -0.2) is 22.1 Å². The number of rotatable bonds is 9. The maximum atomic E-state index is 15.3. The first-order valence-corrected chi connectivity index (χ1v) is 12.2. The SMILES string of the molecule is CCOC(=O)Cc1ccc(C)cc1OCc1cc(-c2ccnc(CN)c2F)c2ccn(C(C)C)c2c1. The summed E-state index contributed by atoms with van der Waals surface area (Å²) in [6, 6.07) is 13.7. The summed E-state index contributed by atoms with van der Waals surface area (Å²) in [5.74, 6) is -0.0786. The highest BCUT2D eigenvalue weighted by Gasteiger charge is 2.17. The van der Waals surface area contributed by atoms with Gasteiger partial charge in [0.15, 0.2) is 5.82 Å². The Labute approximate surface area is 210 Å². The molecule has 0 aliphatic heterocycles. The fraction of sp³-hybridized carbons (Fsp3) is 0.310. The van der Waals surface area contributed by atoms with Gasteiger partial charge in [0.2, 0.25) is 0 Å². The van der Waals surface area contributed by atoms with E-state index < -0.39 is 5.82 Å². The lowest BCUT2D eigenvalue weighted by Crippen LogP contribution is -2.09. The molecule has 0 atom stereocenters. The fourth-order valence-electron chi connectivity index (χ4n) is 4.38. The van der Waals surface area contributed by atoms with E-state index in [4.69, 9.17) is 15.2 Å². The number of esters is 1.